The van der Waals surface area contributed by atoms with E-state index in [1.165, 1.54) is 19.4 Å². The first-order chi connectivity index (χ1) is 15.5. The second kappa shape index (κ2) is 8.23. The maximum atomic E-state index is 14.6. The number of methoxy groups -OCH3 is 1. The zero-order chi connectivity index (χ0) is 22.2. The van der Waals surface area contributed by atoms with Crippen molar-refractivity contribution in [2.24, 2.45) is 4.36 Å². The summed E-state index contributed by atoms with van der Waals surface area (Å²) >= 11 is 0. The van der Waals surface area contributed by atoms with E-state index in [9.17, 15) is 13.4 Å². The van der Waals surface area contributed by atoms with Gasteiger partial charge in [0.05, 0.1) is 25.6 Å². The first kappa shape index (κ1) is 20.4. The van der Waals surface area contributed by atoms with E-state index in [1.54, 1.807) is 10.7 Å². The molecule has 0 spiro atoms. The lowest BCUT2D eigenvalue weighted by molar-refractivity contribution is 0.225. The number of hydrogen-bond donors (Lipinski definition) is 1. The molecule has 0 saturated heterocycles. The molecule has 0 bridgehead atoms. The average molecular weight is 456 g/mol. The van der Waals surface area contributed by atoms with Crippen molar-refractivity contribution in [1.29, 1.82) is 0 Å². The van der Waals surface area contributed by atoms with Gasteiger partial charge in [-0.05, 0) is 28.9 Å². The van der Waals surface area contributed by atoms with Crippen LogP contribution in [-0.4, -0.2) is 34.5 Å². The summed E-state index contributed by atoms with van der Waals surface area (Å²) in [6.45, 7) is 1.14. The van der Waals surface area contributed by atoms with Crippen molar-refractivity contribution in [3.63, 3.8) is 0 Å². The molecule has 0 fully saturated rings. The largest absolute Gasteiger partial charge is 0.481 e. The summed E-state index contributed by atoms with van der Waals surface area (Å²) in [6, 6.07) is 4.31. The molecule has 1 aliphatic carbocycles. The number of nitrogens with one attached hydrogen (secondary N) is 1. The molecule has 3 aromatic rings. The van der Waals surface area contributed by atoms with E-state index in [1.807, 2.05) is 6.07 Å². The number of pyridine rings is 1. The van der Waals surface area contributed by atoms with Gasteiger partial charge in [-0.2, -0.15) is 5.10 Å². The third kappa shape index (κ3) is 3.58. The van der Waals surface area contributed by atoms with Crippen molar-refractivity contribution < 1.29 is 22.9 Å². The van der Waals surface area contributed by atoms with Crippen LogP contribution in [0.2, 0.25) is 0 Å². The number of benzene rings is 1. The summed E-state index contributed by atoms with van der Waals surface area (Å²) in [5, 5.41) is 6.84. The minimum Gasteiger partial charge on any atom is -0.481 e. The van der Waals surface area contributed by atoms with Crippen LogP contribution in [0.15, 0.2) is 39.9 Å². The standard InChI is InChI=1S/C21H19FN5O4S/c1-30-18-9-15(16(22)10-23-18)14-6-4-12-3-5-13(12)19(14)25-21(28)26-32(29)17-11-24-27-7-2-8-31-20(17)27/h4,6,9-11H,2-3,5,7-8H2,1H3,(H,25,28)/q-1. The van der Waals surface area contributed by atoms with E-state index in [0.717, 1.165) is 36.6 Å². The summed E-state index contributed by atoms with van der Waals surface area (Å²) in [4.78, 5) is 16.8. The predicted molar refractivity (Wildman–Crippen MR) is 114 cm³/mol. The van der Waals surface area contributed by atoms with Crippen molar-refractivity contribution >= 4 is 22.3 Å². The van der Waals surface area contributed by atoms with Crippen LogP contribution in [0.5, 0.6) is 11.8 Å². The molecule has 0 unspecified atom stereocenters. The normalized spacial score (nSPS) is 15.2. The Kier molecular flexibility index (Phi) is 5.25. The van der Waals surface area contributed by atoms with Gasteiger partial charge in [0.1, 0.15) is 5.82 Å². The summed E-state index contributed by atoms with van der Waals surface area (Å²) in [7, 11) is -0.557. The molecule has 32 heavy (non-hydrogen) atoms. The summed E-state index contributed by atoms with van der Waals surface area (Å²) in [5.41, 5.74) is 3.12. The van der Waals surface area contributed by atoms with Crippen molar-refractivity contribution in [3.05, 3.63) is 47.5 Å². The summed E-state index contributed by atoms with van der Waals surface area (Å²) in [6.07, 6.45) is 4.87. The molecular weight excluding hydrogens is 437 g/mol. The fourth-order valence-corrected chi connectivity index (χ4v) is 4.56. The van der Waals surface area contributed by atoms with Gasteiger partial charge in [0, 0.05) is 36.4 Å². The Bertz CT molecular complexity index is 1320. The van der Waals surface area contributed by atoms with Gasteiger partial charge in [-0.1, -0.05) is 12.1 Å². The number of aromatic nitrogens is 3. The summed E-state index contributed by atoms with van der Waals surface area (Å²) < 4.78 is 43.3. The van der Waals surface area contributed by atoms with Crippen LogP contribution in [0.4, 0.5) is 14.9 Å². The number of halogens is 1. The number of anilines is 1. The van der Waals surface area contributed by atoms with Gasteiger partial charge in [-0.15, -0.1) is 10.6 Å². The van der Waals surface area contributed by atoms with Crippen molar-refractivity contribution in [1.82, 2.24) is 14.8 Å². The van der Waals surface area contributed by atoms with Crippen molar-refractivity contribution in [3.8, 4) is 22.9 Å². The Morgan fingerprint density at radius 1 is 1.31 bits per heavy atom. The molecule has 1 N–H and O–H groups in total. The zero-order valence-corrected chi connectivity index (χ0v) is 17.9. The Balaban J connectivity index is 1.49. The highest BCUT2D eigenvalue weighted by atomic mass is 32.2. The maximum absolute atomic E-state index is 14.6. The van der Waals surface area contributed by atoms with E-state index < -0.39 is 22.4 Å². The van der Waals surface area contributed by atoms with E-state index in [4.69, 9.17) is 9.47 Å². The SMILES string of the molecule is COc1cc(-c2ccc3c(c2NC(=O)N=[S-](=O)c2cnn4c2OCCC4)CC3)c(F)cn1. The highest BCUT2D eigenvalue weighted by molar-refractivity contribution is 7.75. The average Bonchev–Trinajstić information content (AvgIpc) is 3.20. The lowest BCUT2D eigenvalue weighted by atomic mass is 9.84. The van der Waals surface area contributed by atoms with Gasteiger partial charge in [0.25, 0.3) is 0 Å². The quantitative estimate of drug-likeness (QED) is 0.600. The number of amides is 2. The predicted octanol–water partition coefficient (Wildman–Crippen LogP) is 3.71. The summed E-state index contributed by atoms with van der Waals surface area (Å²) in [5.74, 6) is 0.0597. The van der Waals surface area contributed by atoms with Gasteiger partial charge < -0.3 is 23.4 Å². The number of hydrogen-bond acceptors (Lipinski definition) is 7. The van der Waals surface area contributed by atoms with E-state index in [0.29, 0.717) is 30.3 Å². The maximum Gasteiger partial charge on any atom is 0.322 e. The van der Waals surface area contributed by atoms with Crippen LogP contribution in [0.3, 0.4) is 0 Å². The Morgan fingerprint density at radius 2 is 2.19 bits per heavy atom. The Hall–Kier alpha value is -3.47. The minimum absolute atomic E-state index is 0.238. The molecule has 9 nitrogen and oxygen atoms in total. The van der Waals surface area contributed by atoms with Crippen LogP contribution in [-0.2, 0) is 34.2 Å². The molecule has 1 aliphatic heterocycles. The monoisotopic (exact) mass is 456 g/mol. The Labute approximate surface area is 184 Å². The van der Waals surface area contributed by atoms with Gasteiger partial charge in [0.2, 0.25) is 5.88 Å². The molecule has 5 rings (SSSR count). The van der Waals surface area contributed by atoms with Crippen LogP contribution < -0.4 is 14.8 Å². The smallest absolute Gasteiger partial charge is 0.322 e. The number of ether oxygens (including phenoxy) is 2. The number of urea groups is 1. The van der Waals surface area contributed by atoms with Gasteiger partial charge >= 0.3 is 6.03 Å². The zero-order valence-electron chi connectivity index (χ0n) is 17.1. The molecule has 0 radical (unpaired) electrons. The number of nitrogens with zero attached hydrogens (tertiary/aromatic N) is 4. The molecule has 0 saturated carbocycles. The molecule has 2 amide bonds. The van der Waals surface area contributed by atoms with Crippen LogP contribution >= 0.6 is 0 Å². The van der Waals surface area contributed by atoms with Gasteiger partial charge in [-0.3, -0.25) is 0 Å². The highest BCUT2D eigenvalue weighted by Gasteiger charge is 2.23. The number of aryl methyl sites for hydroxylation is 2. The van der Waals surface area contributed by atoms with E-state index >= 15 is 0 Å². The Morgan fingerprint density at radius 3 is 2.97 bits per heavy atom. The number of fused-ring (bicyclic) bond motifs is 2. The molecule has 166 valence electrons. The van der Waals surface area contributed by atoms with E-state index in [-0.39, 0.29) is 16.3 Å². The van der Waals surface area contributed by atoms with Crippen LogP contribution in [0.1, 0.15) is 17.5 Å². The lowest BCUT2D eigenvalue weighted by Gasteiger charge is -2.25. The van der Waals surface area contributed by atoms with Crippen LogP contribution in [0.25, 0.3) is 11.1 Å². The third-order valence-electron chi connectivity index (χ3n) is 5.48. The van der Waals surface area contributed by atoms with Gasteiger partial charge in [0.15, 0.2) is 5.88 Å². The fraction of sp³-hybridized carbons (Fsp3) is 0.286. The van der Waals surface area contributed by atoms with E-state index in [2.05, 4.69) is 19.8 Å². The lowest BCUT2D eigenvalue weighted by Crippen LogP contribution is -2.17. The van der Waals surface area contributed by atoms with Gasteiger partial charge in [-0.25, -0.2) is 18.9 Å². The van der Waals surface area contributed by atoms with Crippen LogP contribution in [0, 0.1) is 5.82 Å². The van der Waals surface area contributed by atoms with Crippen molar-refractivity contribution in [2.75, 3.05) is 19.0 Å². The molecule has 11 heteroatoms. The second-order valence-electron chi connectivity index (χ2n) is 7.34. The second-order valence-corrected chi connectivity index (χ2v) is 8.46. The fourth-order valence-electron chi connectivity index (χ4n) is 3.82. The minimum atomic E-state index is -2.00. The number of carbonyl (C=O) groups excluding carboxylic acids is 1. The molecule has 0 atom stereocenters. The first-order valence-electron chi connectivity index (χ1n) is 10.0. The topological polar surface area (TPSA) is 108 Å². The highest BCUT2D eigenvalue weighted by Crippen LogP contribution is 2.40. The third-order valence-corrected chi connectivity index (χ3v) is 6.47. The van der Waals surface area contributed by atoms with Crippen molar-refractivity contribution in [2.45, 2.75) is 30.7 Å². The number of rotatable bonds is 4. The molecule has 2 aromatic heterocycles. The molecular formula is C21H19FN5O4S-. The first-order valence-corrected chi connectivity index (χ1v) is 11.1. The molecule has 3 heterocycles. The molecule has 2 aliphatic rings. The number of carbonyl (C=O) groups is 1. The molecule has 1 aromatic carbocycles.